The first-order chi connectivity index (χ1) is 14.4. The normalized spacial score (nSPS) is 20.6. The molecule has 150 valence electrons. The number of nitro benzene ring substituents is 1. The molecule has 5 rings (SSSR count). The Bertz CT molecular complexity index is 1200. The lowest BCUT2D eigenvalue weighted by molar-refractivity contribution is -0.386. The van der Waals surface area contributed by atoms with E-state index in [9.17, 15) is 10.1 Å². The number of likely N-dealkylation sites (N-methyl/N-ethyl adjacent to an activating group) is 1. The molecule has 0 aliphatic carbocycles. The van der Waals surface area contributed by atoms with Crippen LogP contribution in [-0.2, 0) is 5.41 Å². The molecule has 5 nitrogen and oxygen atoms in total. The highest BCUT2D eigenvalue weighted by atomic mass is 16.6. The van der Waals surface area contributed by atoms with E-state index < -0.39 is 11.1 Å². The number of benzene rings is 3. The maximum Gasteiger partial charge on any atom is 0.311 e. The van der Waals surface area contributed by atoms with Gasteiger partial charge < -0.3 is 9.64 Å². The molecule has 3 aromatic rings. The minimum Gasteiger partial charge on any atom is -0.456 e. The van der Waals surface area contributed by atoms with Crippen LogP contribution in [0.25, 0.3) is 17.2 Å². The fraction of sp³-hybridized carbons (Fsp3) is 0.200. The first-order valence-corrected chi connectivity index (χ1v) is 9.95. The van der Waals surface area contributed by atoms with Crippen molar-refractivity contribution in [2.45, 2.75) is 25.0 Å². The van der Waals surface area contributed by atoms with Crippen molar-refractivity contribution < 1.29 is 9.66 Å². The number of hydrogen-bond acceptors (Lipinski definition) is 4. The summed E-state index contributed by atoms with van der Waals surface area (Å²) in [7, 11) is 2.00. The molecule has 1 atom stereocenters. The minimum absolute atomic E-state index is 0.0142. The number of hydrogen-bond donors (Lipinski definition) is 0. The number of fused-ring (bicyclic) bond motifs is 2. The first-order valence-electron chi connectivity index (χ1n) is 9.95. The molecule has 0 N–H and O–H groups in total. The summed E-state index contributed by atoms with van der Waals surface area (Å²) in [4.78, 5) is 13.4. The van der Waals surface area contributed by atoms with Crippen LogP contribution in [0.5, 0.6) is 5.75 Å². The maximum absolute atomic E-state index is 11.7. The average Bonchev–Trinajstić information content (AvgIpc) is 2.92. The molecular formula is C25H22N2O3. The number of para-hydroxylation sites is 2. The zero-order chi connectivity index (χ0) is 21.1. The van der Waals surface area contributed by atoms with Crippen molar-refractivity contribution in [2.24, 2.45) is 0 Å². The molecule has 2 aliphatic heterocycles. The summed E-state index contributed by atoms with van der Waals surface area (Å²) in [5.74, 6) is 0.319. The van der Waals surface area contributed by atoms with Gasteiger partial charge >= 0.3 is 5.69 Å². The molecule has 1 spiro atoms. The fourth-order valence-corrected chi connectivity index (χ4v) is 4.88. The second kappa shape index (κ2) is 6.20. The number of ether oxygens (including phenoxy) is 1. The van der Waals surface area contributed by atoms with Gasteiger partial charge in [-0.3, -0.25) is 10.1 Å². The summed E-state index contributed by atoms with van der Waals surface area (Å²) in [6.07, 6.45) is 3.98. The molecule has 0 fully saturated rings. The molecule has 2 heterocycles. The van der Waals surface area contributed by atoms with E-state index in [-0.39, 0.29) is 10.6 Å². The van der Waals surface area contributed by atoms with Gasteiger partial charge in [-0.1, -0.05) is 60.7 Å². The average molecular weight is 398 g/mol. The smallest absolute Gasteiger partial charge is 0.311 e. The Morgan fingerprint density at radius 1 is 0.967 bits per heavy atom. The number of nitrogens with zero attached hydrogens (tertiary/aromatic N) is 2. The third-order valence-corrected chi connectivity index (χ3v) is 6.49. The van der Waals surface area contributed by atoms with Crippen LogP contribution in [0.4, 0.5) is 11.4 Å². The van der Waals surface area contributed by atoms with Crippen LogP contribution in [0.2, 0.25) is 0 Å². The third-order valence-electron chi connectivity index (χ3n) is 6.49. The van der Waals surface area contributed by atoms with Crippen molar-refractivity contribution in [3.05, 3.63) is 94.0 Å². The molecule has 1 unspecified atom stereocenters. The molecule has 3 aromatic carbocycles. The second-order valence-corrected chi connectivity index (χ2v) is 8.34. The van der Waals surface area contributed by atoms with Crippen molar-refractivity contribution in [2.75, 3.05) is 11.9 Å². The Morgan fingerprint density at radius 3 is 2.43 bits per heavy atom. The van der Waals surface area contributed by atoms with E-state index in [1.165, 1.54) is 6.07 Å². The lowest BCUT2D eigenvalue weighted by Crippen LogP contribution is -2.58. The molecule has 0 aromatic heterocycles. The Hall–Kier alpha value is -3.60. The van der Waals surface area contributed by atoms with E-state index in [1.807, 2.05) is 43.5 Å². The van der Waals surface area contributed by atoms with Gasteiger partial charge in [0.1, 0.15) is 0 Å². The van der Waals surface area contributed by atoms with Crippen LogP contribution in [0.15, 0.2) is 72.8 Å². The topological polar surface area (TPSA) is 55.6 Å². The van der Waals surface area contributed by atoms with E-state index in [0.29, 0.717) is 5.75 Å². The quantitative estimate of drug-likeness (QED) is 0.405. The standard InChI is InChI=1S/C25H22N2O3/c1-24(2)20-13-8-12-19(17-9-5-4-6-10-17)22(20)26(3)25(24)16-15-18-11-7-14-21(27(28)29)23(18)30-25/h4-16H,1-3H3. The highest BCUT2D eigenvalue weighted by Crippen LogP contribution is 2.57. The van der Waals surface area contributed by atoms with Gasteiger partial charge in [0, 0.05) is 24.2 Å². The van der Waals surface area contributed by atoms with Gasteiger partial charge in [0.15, 0.2) is 0 Å². The predicted octanol–water partition coefficient (Wildman–Crippen LogP) is 5.79. The van der Waals surface area contributed by atoms with Gasteiger partial charge in [0.05, 0.1) is 16.0 Å². The van der Waals surface area contributed by atoms with Crippen LogP contribution < -0.4 is 9.64 Å². The molecule has 0 radical (unpaired) electrons. The van der Waals surface area contributed by atoms with Crippen molar-refractivity contribution in [1.82, 2.24) is 0 Å². The molecule has 2 aliphatic rings. The summed E-state index contributed by atoms with van der Waals surface area (Å²) in [6.45, 7) is 4.27. The molecule has 30 heavy (non-hydrogen) atoms. The third kappa shape index (κ3) is 2.29. The highest BCUT2D eigenvalue weighted by molar-refractivity contribution is 5.86. The van der Waals surface area contributed by atoms with Crippen molar-refractivity contribution in [3.8, 4) is 16.9 Å². The number of nitro groups is 1. The summed E-state index contributed by atoms with van der Waals surface area (Å²) >= 11 is 0. The minimum atomic E-state index is -0.876. The van der Waals surface area contributed by atoms with Gasteiger partial charge in [-0.2, -0.15) is 0 Å². The Balaban J connectivity index is 1.72. The zero-order valence-corrected chi connectivity index (χ0v) is 17.1. The largest absolute Gasteiger partial charge is 0.456 e. The van der Waals surface area contributed by atoms with Crippen LogP contribution in [0.1, 0.15) is 25.0 Å². The van der Waals surface area contributed by atoms with E-state index >= 15 is 0 Å². The van der Waals surface area contributed by atoms with Crippen LogP contribution in [0.3, 0.4) is 0 Å². The van der Waals surface area contributed by atoms with Crippen LogP contribution in [0, 0.1) is 10.1 Å². The van der Waals surface area contributed by atoms with Crippen molar-refractivity contribution in [1.29, 1.82) is 0 Å². The van der Waals surface area contributed by atoms with Crippen molar-refractivity contribution in [3.63, 3.8) is 0 Å². The van der Waals surface area contributed by atoms with Crippen molar-refractivity contribution >= 4 is 17.5 Å². The van der Waals surface area contributed by atoms with Gasteiger partial charge in [-0.25, -0.2) is 0 Å². The van der Waals surface area contributed by atoms with Gasteiger partial charge in [-0.15, -0.1) is 0 Å². The summed E-state index contributed by atoms with van der Waals surface area (Å²) in [6, 6.07) is 21.6. The molecule has 0 bridgehead atoms. The Kier molecular flexibility index (Phi) is 3.81. The second-order valence-electron chi connectivity index (χ2n) is 8.34. The van der Waals surface area contributed by atoms with Crippen LogP contribution >= 0.6 is 0 Å². The van der Waals surface area contributed by atoms with Gasteiger partial charge in [-0.05, 0) is 37.1 Å². The maximum atomic E-state index is 11.7. The van der Waals surface area contributed by atoms with E-state index in [4.69, 9.17) is 4.74 Å². The van der Waals surface area contributed by atoms with E-state index in [0.717, 1.165) is 27.9 Å². The highest BCUT2D eigenvalue weighted by Gasteiger charge is 2.58. The van der Waals surface area contributed by atoms with Gasteiger partial charge in [0.25, 0.3) is 0 Å². The summed E-state index contributed by atoms with van der Waals surface area (Å²) in [5.41, 5.74) is 3.86. The zero-order valence-electron chi connectivity index (χ0n) is 17.1. The fourth-order valence-electron chi connectivity index (χ4n) is 4.88. The van der Waals surface area contributed by atoms with E-state index in [2.05, 4.69) is 49.1 Å². The van der Waals surface area contributed by atoms with E-state index in [1.54, 1.807) is 6.07 Å². The lowest BCUT2D eigenvalue weighted by Gasteiger charge is -2.45. The SMILES string of the molecule is CN1c2c(-c3ccccc3)cccc2C(C)(C)C12C=Cc1cccc([N+](=O)[O-])c1O2. The molecule has 0 saturated carbocycles. The summed E-state index contributed by atoms with van der Waals surface area (Å²) in [5, 5.41) is 11.7. The number of anilines is 1. The Labute approximate surface area is 175 Å². The molecule has 0 saturated heterocycles. The first kappa shape index (κ1) is 18.4. The molecule has 0 amide bonds. The lowest BCUT2D eigenvalue weighted by atomic mass is 9.76. The predicted molar refractivity (Wildman–Crippen MR) is 119 cm³/mol. The Morgan fingerprint density at radius 2 is 1.70 bits per heavy atom. The van der Waals surface area contributed by atoms with Gasteiger partial charge in [0.2, 0.25) is 11.5 Å². The van der Waals surface area contributed by atoms with Crippen LogP contribution in [-0.4, -0.2) is 17.7 Å². The molecular weight excluding hydrogens is 376 g/mol. The summed E-state index contributed by atoms with van der Waals surface area (Å²) < 4.78 is 6.57. The monoisotopic (exact) mass is 398 g/mol. The number of rotatable bonds is 2. The molecule has 5 heteroatoms.